The molecule has 24 heavy (non-hydrogen) atoms. The third-order valence-corrected chi connectivity index (χ3v) is 5.66. The molecule has 0 N–H and O–H groups in total. The summed E-state index contributed by atoms with van der Waals surface area (Å²) in [7, 11) is 2.16. The molecule has 5 heteroatoms. The predicted octanol–water partition coefficient (Wildman–Crippen LogP) is 2.18. The Morgan fingerprint density at radius 1 is 1.12 bits per heavy atom. The molecule has 2 aromatic rings. The van der Waals surface area contributed by atoms with Crippen LogP contribution in [0.1, 0.15) is 20.2 Å². The molecule has 0 bridgehead atoms. The Bertz CT molecular complexity index is 791. The fourth-order valence-electron chi connectivity index (χ4n) is 3.63. The molecule has 4 nitrogen and oxygen atoms in total. The van der Waals surface area contributed by atoms with Crippen molar-refractivity contribution in [2.75, 3.05) is 33.2 Å². The SMILES string of the molecule is CN1CC2CN(C(=O)c3cnc(C#Cc4ccccc4)s3)CC2C1. The minimum Gasteiger partial charge on any atom is -0.337 e. The average Bonchev–Trinajstić information content (AvgIpc) is 3.27. The standard InChI is InChI=1S/C19H19N3OS/c1-21-10-15-12-22(13-16(15)11-21)19(23)17-9-20-18(24-17)8-7-14-5-3-2-4-6-14/h2-6,9,15-16H,10-13H2,1H3. The lowest BCUT2D eigenvalue weighted by Crippen LogP contribution is -2.31. The van der Waals surface area contributed by atoms with Crippen LogP contribution in [-0.2, 0) is 0 Å². The van der Waals surface area contributed by atoms with Gasteiger partial charge in [0.2, 0.25) is 0 Å². The summed E-state index contributed by atoms with van der Waals surface area (Å²) in [6.45, 7) is 3.95. The topological polar surface area (TPSA) is 36.4 Å². The van der Waals surface area contributed by atoms with Crippen LogP contribution in [0, 0.1) is 23.7 Å². The summed E-state index contributed by atoms with van der Waals surface area (Å²) in [5.74, 6) is 7.51. The maximum absolute atomic E-state index is 12.7. The minimum atomic E-state index is 0.109. The highest BCUT2D eigenvalue weighted by molar-refractivity contribution is 7.14. The van der Waals surface area contributed by atoms with Crippen molar-refractivity contribution in [2.45, 2.75) is 0 Å². The largest absolute Gasteiger partial charge is 0.337 e. The zero-order valence-corrected chi connectivity index (χ0v) is 14.4. The quantitative estimate of drug-likeness (QED) is 0.749. The molecule has 1 aromatic carbocycles. The maximum Gasteiger partial charge on any atom is 0.265 e. The Balaban J connectivity index is 1.44. The van der Waals surface area contributed by atoms with Crippen molar-refractivity contribution < 1.29 is 4.79 Å². The van der Waals surface area contributed by atoms with E-state index in [4.69, 9.17) is 0 Å². The number of carbonyl (C=O) groups is 1. The number of nitrogens with zero attached hydrogens (tertiary/aromatic N) is 3. The van der Waals surface area contributed by atoms with E-state index in [1.807, 2.05) is 35.2 Å². The van der Waals surface area contributed by atoms with Gasteiger partial charge in [0.05, 0.1) is 6.20 Å². The molecule has 2 aliphatic rings. The second-order valence-electron chi connectivity index (χ2n) is 6.60. The number of hydrogen-bond acceptors (Lipinski definition) is 4. The number of rotatable bonds is 1. The zero-order chi connectivity index (χ0) is 16.5. The van der Waals surface area contributed by atoms with E-state index in [2.05, 4.69) is 28.8 Å². The molecular weight excluding hydrogens is 318 g/mol. The van der Waals surface area contributed by atoms with E-state index >= 15 is 0 Å². The second-order valence-corrected chi connectivity index (χ2v) is 7.63. The number of fused-ring (bicyclic) bond motifs is 1. The molecule has 0 aliphatic carbocycles. The molecule has 0 spiro atoms. The van der Waals surface area contributed by atoms with Gasteiger partial charge in [0.1, 0.15) is 4.88 Å². The van der Waals surface area contributed by atoms with Crippen LogP contribution < -0.4 is 0 Å². The summed E-state index contributed by atoms with van der Waals surface area (Å²) in [6, 6.07) is 9.82. The van der Waals surface area contributed by atoms with E-state index in [1.165, 1.54) is 11.3 Å². The molecule has 2 unspecified atom stereocenters. The Labute approximate surface area is 146 Å². The summed E-state index contributed by atoms with van der Waals surface area (Å²) in [5.41, 5.74) is 0.956. The van der Waals surface area contributed by atoms with Gasteiger partial charge in [-0.2, -0.15) is 0 Å². The van der Waals surface area contributed by atoms with Crippen molar-refractivity contribution in [3.63, 3.8) is 0 Å². The molecule has 1 amide bonds. The molecule has 2 fully saturated rings. The van der Waals surface area contributed by atoms with E-state index in [9.17, 15) is 4.79 Å². The third kappa shape index (κ3) is 3.08. The summed E-state index contributed by atoms with van der Waals surface area (Å²) in [5, 5.41) is 0.696. The van der Waals surface area contributed by atoms with Crippen LogP contribution in [0.4, 0.5) is 0 Å². The lowest BCUT2D eigenvalue weighted by molar-refractivity contribution is 0.0780. The first kappa shape index (κ1) is 15.4. The van der Waals surface area contributed by atoms with Gasteiger partial charge in [-0.15, -0.1) is 11.3 Å². The summed E-state index contributed by atoms with van der Waals surface area (Å²) in [6.07, 6.45) is 1.67. The van der Waals surface area contributed by atoms with Gasteiger partial charge in [-0.05, 0) is 36.9 Å². The zero-order valence-electron chi connectivity index (χ0n) is 13.6. The summed E-state index contributed by atoms with van der Waals surface area (Å²) in [4.78, 5) is 22.0. The first-order valence-electron chi connectivity index (χ1n) is 8.20. The van der Waals surface area contributed by atoms with Gasteiger partial charge in [0.15, 0.2) is 5.01 Å². The molecule has 2 saturated heterocycles. The molecule has 0 saturated carbocycles. The van der Waals surface area contributed by atoms with E-state index in [0.29, 0.717) is 21.7 Å². The van der Waals surface area contributed by atoms with Gasteiger partial charge < -0.3 is 9.80 Å². The van der Waals surface area contributed by atoms with Crippen LogP contribution in [0.15, 0.2) is 36.5 Å². The number of carbonyl (C=O) groups excluding carboxylic acids is 1. The summed E-state index contributed by atoms with van der Waals surface area (Å²) < 4.78 is 0. The van der Waals surface area contributed by atoms with Crippen LogP contribution in [-0.4, -0.2) is 53.9 Å². The normalized spacial score (nSPS) is 23.0. The third-order valence-electron chi connectivity index (χ3n) is 4.76. The monoisotopic (exact) mass is 337 g/mol. The van der Waals surface area contributed by atoms with Gasteiger partial charge in [-0.1, -0.05) is 24.1 Å². The number of aromatic nitrogens is 1. The Hall–Kier alpha value is -2.16. The van der Waals surface area contributed by atoms with E-state index in [1.54, 1.807) is 6.20 Å². The molecule has 122 valence electrons. The molecule has 3 heterocycles. The van der Waals surface area contributed by atoms with Gasteiger partial charge in [0, 0.05) is 31.7 Å². The molecule has 2 aliphatic heterocycles. The van der Waals surface area contributed by atoms with E-state index in [-0.39, 0.29) is 5.91 Å². The van der Waals surface area contributed by atoms with Gasteiger partial charge in [-0.25, -0.2) is 4.98 Å². The lowest BCUT2D eigenvalue weighted by atomic mass is 10.0. The summed E-state index contributed by atoms with van der Waals surface area (Å²) >= 11 is 1.39. The highest BCUT2D eigenvalue weighted by Gasteiger charge is 2.40. The van der Waals surface area contributed by atoms with Crippen molar-refractivity contribution in [1.29, 1.82) is 0 Å². The molecule has 4 rings (SSSR count). The van der Waals surface area contributed by atoms with Crippen LogP contribution in [0.2, 0.25) is 0 Å². The van der Waals surface area contributed by atoms with Crippen molar-refractivity contribution in [1.82, 2.24) is 14.8 Å². The maximum atomic E-state index is 12.7. The van der Waals surface area contributed by atoms with Gasteiger partial charge >= 0.3 is 0 Å². The van der Waals surface area contributed by atoms with Crippen molar-refractivity contribution >= 4 is 17.2 Å². The van der Waals surface area contributed by atoms with E-state index in [0.717, 1.165) is 31.7 Å². The van der Waals surface area contributed by atoms with E-state index < -0.39 is 0 Å². The lowest BCUT2D eigenvalue weighted by Gasteiger charge is -2.18. The van der Waals surface area contributed by atoms with Crippen molar-refractivity contribution in [3.8, 4) is 11.8 Å². The fraction of sp³-hybridized carbons (Fsp3) is 0.368. The fourth-order valence-corrected chi connectivity index (χ4v) is 4.36. The highest BCUT2D eigenvalue weighted by atomic mass is 32.1. The van der Waals surface area contributed by atoms with Crippen LogP contribution in [0.3, 0.4) is 0 Å². The van der Waals surface area contributed by atoms with Crippen molar-refractivity contribution in [3.05, 3.63) is 52.0 Å². The molecule has 2 atom stereocenters. The van der Waals surface area contributed by atoms with Crippen LogP contribution >= 0.6 is 11.3 Å². The molecular formula is C19H19N3OS. The minimum absolute atomic E-state index is 0.109. The Morgan fingerprint density at radius 2 is 1.83 bits per heavy atom. The first-order chi connectivity index (χ1) is 11.7. The second kappa shape index (κ2) is 6.39. The van der Waals surface area contributed by atoms with Gasteiger partial charge in [-0.3, -0.25) is 4.79 Å². The predicted molar refractivity (Wildman–Crippen MR) is 94.9 cm³/mol. The number of thiazole rings is 1. The smallest absolute Gasteiger partial charge is 0.265 e. The number of likely N-dealkylation sites (tertiary alicyclic amines) is 2. The molecule has 1 aromatic heterocycles. The van der Waals surface area contributed by atoms with Crippen LogP contribution in [0.25, 0.3) is 0 Å². The van der Waals surface area contributed by atoms with Crippen molar-refractivity contribution in [2.24, 2.45) is 11.8 Å². The first-order valence-corrected chi connectivity index (χ1v) is 9.01. The highest BCUT2D eigenvalue weighted by Crippen LogP contribution is 2.31. The number of hydrogen-bond donors (Lipinski definition) is 0. The average molecular weight is 337 g/mol. The Morgan fingerprint density at radius 3 is 2.54 bits per heavy atom. The molecule has 0 radical (unpaired) electrons. The van der Waals surface area contributed by atoms with Gasteiger partial charge in [0.25, 0.3) is 5.91 Å². The Kier molecular flexibility index (Phi) is 4.09. The number of benzene rings is 1. The van der Waals surface area contributed by atoms with Crippen LogP contribution in [0.5, 0.6) is 0 Å². The number of amides is 1.